The Kier molecular flexibility index (Phi) is 7.44. The summed E-state index contributed by atoms with van der Waals surface area (Å²) in [5.41, 5.74) is 1.84. The highest BCUT2D eigenvalue weighted by Crippen LogP contribution is 2.32. The number of hydrogen-bond acceptors (Lipinski definition) is 5. The first-order valence-corrected chi connectivity index (χ1v) is 12.6. The van der Waals surface area contributed by atoms with Crippen molar-refractivity contribution in [2.45, 2.75) is 52.7 Å². The van der Waals surface area contributed by atoms with Crippen LogP contribution in [0.2, 0.25) is 0 Å². The van der Waals surface area contributed by atoms with Gasteiger partial charge < -0.3 is 5.32 Å². The van der Waals surface area contributed by atoms with E-state index in [-0.39, 0.29) is 11.5 Å². The highest BCUT2D eigenvalue weighted by atomic mass is 32.1. The third kappa shape index (κ3) is 5.05. The molecule has 0 saturated heterocycles. The van der Waals surface area contributed by atoms with Gasteiger partial charge in [-0.3, -0.25) is 14.5 Å². The van der Waals surface area contributed by atoms with Crippen molar-refractivity contribution in [3.8, 4) is 0 Å². The second-order valence-corrected chi connectivity index (χ2v) is 10.1. The number of nitrogens with zero attached hydrogens (tertiary/aromatic N) is 3. The van der Waals surface area contributed by atoms with Crippen LogP contribution in [0.1, 0.15) is 44.5 Å². The van der Waals surface area contributed by atoms with Gasteiger partial charge in [0.2, 0.25) is 5.91 Å². The number of nitrogens with one attached hydrogen (secondary N) is 1. The maximum Gasteiger partial charge on any atom is 0.276 e. The lowest BCUT2D eigenvalue weighted by Crippen LogP contribution is -2.39. The molecule has 0 saturated carbocycles. The first-order valence-electron chi connectivity index (χ1n) is 11.8. The maximum absolute atomic E-state index is 13.3. The minimum absolute atomic E-state index is 0.188. The molecule has 2 aromatic heterocycles. The number of benzene rings is 2. The Morgan fingerprint density at radius 1 is 1.09 bits per heavy atom. The van der Waals surface area contributed by atoms with Gasteiger partial charge >= 0.3 is 0 Å². The zero-order valence-corrected chi connectivity index (χ0v) is 21.1. The van der Waals surface area contributed by atoms with Crippen LogP contribution in [-0.2, 0) is 11.3 Å². The lowest BCUT2D eigenvalue weighted by Gasteiger charge is -2.26. The van der Waals surface area contributed by atoms with Gasteiger partial charge in [-0.2, -0.15) is 5.10 Å². The minimum Gasteiger partial charge on any atom is -0.354 e. The molecule has 0 radical (unpaired) electrons. The summed E-state index contributed by atoms with van der Waals surface area (Å²) in [6.07, 6.45) is 0.832. The molecule has 0 unspecified atom stereocenters. The van der Waals surface area contributed by atoms with Crippen LogP contribution in [-0.4, -0.2) is 39.7 Å². The van der Waals surface area contributed by atoms with E-state index in [1.807, 2.05) is 37.3 Å². The zero-order chi connectivity index (χ0) is 24.2. The molecule has 0 aliphatic carbocycles. The summed E-state index contributed by atoms with van der Waals surface area (Å²) < 4.78 is 3.28. The van der Waals surface area contributed by atoms with E-state index in [9.17, 15) is 9.59 Å². The predicted molar refractivity (Wildman–Crippen MR) is 140 cm³/mol. The van der Waals surface area contributed by atoms with Gasteiger partial charge in [-0.05, 0) is 45.7 Å². The average Bonchev–Trinajstić information content (AvgIpc) is 3.24. The van der Waals surface area contributed by atoms with Gasteiger partial charge in [0.15, 0.2) is 0 Å². The van der Waals surface area contributed by atoms with Crippen molar-refractivity contribution in [3.63, 3.8) is 0 Å². The van der Waals surface area contributed by atoms with Crippen LogP contribution >= 0.6 is 11.3 Å². The number of aryl methyl sites for hydroxylation is 1. The molecule has 2 heterocycles. The number of hydrogen-bond donors (Lipinski definition) is 1. The Labute approximate surface area is 204 Å². The summed E-state index contributed by atoms with van der Waals surface area (Å²) in [5.74, 6) is -0.188. The van der Waals surface area contributed by atoms with E-state index in [0.29, 0.717) is 18.0 Å². The predicted octanol–water partition coefficient (Wildman–Crippen LogP) is 4.90. The van der Waals surface area contributed by atoms with Gasteiger partial charge in [0, 0.05) is 35.8 Å². The first kappa shape index (κ1) is 24.1. The quantitative estimate of drug-likeness (QED) is 0.349. The normalized spacial score (nSPS) is 12.6. The second-order valence-electron chi connectivity index (χ2n) is 9.01. The smallest absolute Gasteiger partial charge is 0.276 e. The SMILES string of the molecule is Cc1nn([C@@H](C)C(=O)NCCCN(Cc2ccccc2)C(C)C)c(=O)c2c1sc1ccccc12. The van der Waals surface area contributed by atoms with Gasteiger partial charge in [0.1, 0.15) is 6.04 Å². The van der Waals surface area contributed by atoms with Crippen molar-refractivity contribution in [1.29, 1.82) is 0 Å². The van der Waals surface area contributed by atoms with Gasteiger partial charge in [-0.15, -0.1) is 11.3 Å². The average molecular weight is 477 g/mol. The molecule has 1 amide bonds. The summed E-state index contributed by atoms with van der Waals surface area (Å²) in [6, 6.07) is 18.0. The van der Waals surface area contributed by atoms with Crippen LogP contribution in [0.5, 0.6) is 0 Å². The topological polar surface area (TPSA) is 67.2 Å². The molecule has 4 rings (SSSR count). The summed E-state index contributed by atoms with van der Waals surface area (Å²) in [7, 11) is 0. The van der Waals surface area contributed by atoms with Crippen LogP contribution in [0.4, 0.5) is 0 Å². The monoisotopic (exact) mass is 476 g/mol. The van der Waals surface area contributed by atoms with E-state index in [2.05, 4.69) is 53.4 Å². The molecule has 4 aromatic rings. The first-order chi connectivity index (χ1) is 16.4. The van der Waals surface area contributed by atoms with Crippen molar-refractivity contribution in [2.75, 3.05) is 13.1 Å². The Morgan fingerprint density at radius 2 is 1.79 bits per heavy atom. The maximum atomic E-state index is 13.3. The number of amides is 1. The Balaban J connectivity index is 1.41. The molecule has 1 N–H and O–H groups in total. The van der Waals surface area contributed by atoms with Crippen LogP contribution < -0.4 is 10.9 Å². The van der Waals surface area contributed by atoms with Crippen LogP contribution in [0.15, 0.2) is 59.4 Å². The van der Waals surface area contributed by atoms with E-state index in [0.717, 1.165) is 40.0 Å². The van der Waals surface area contributed by atoms with Gasteiger partial charge in [0.25, 0.3) is 5.56 Å². The number of carbonyl (C=O) groups excluding carboxylic acids is 1. The van der Waals surface area contributed by atoms with Crippen molar-refractivity contribution < 1.29 is 4.79 Å². The molecule has 0 bridgehead atoms. The van der Waals surface area contributed by atoms with E-state index < -0.39 is 6.04 Å². The molecule has 2 aromatic carbocycles. The third-order valence-corrected chi connectivity index (χ3v) is 7.51. The van der Waals surface area contributed by atoms with E-state index in [1.165, 1.54) is 10.2 Å². The standard InChI is InChI=1S/C27H32N4O2S/c1-18(2)30(17-21-11-6-5-7-12-21)16-10-15-28-26(32)20(4)31-27(33)24-22-13-8-9-14-23(22)34-25(24)19(3)29-31/h5-9,11-14,18,20H,10,15-17H2,1-4H3,(H,28,32)/t20-/m0/s1. The van der Waals surface area contributed by atoms with Crippen molar-refractivity contribution in [3.05, 3.63) is 76.2 Å². The molecule has 0 aliphatic heterocycles. The van der Waals surface area contributed by atoms with Crippen molar-refractivity contribution in [2.24, 2.45) is 0 Å². The Hall–Kier alpha value is -3.03. The third-order valence-electron chi connectivity index (χ3n) is 6.23. The highest BCUT2D eigenvalue weighted by molar-refractivity contribution is 7.26. The van der Waals surface area contributed by atoms with Crippen molar-refractivity contribution in [1.82, 2.24) is 20.0 Å². The molecule has 178 valence electrons. The van der Waals surface area contributed by atoms with Crippen molar-refractivity contribution >= 4 is 37.4 Å². The summed E-state index contributed by atoms with van der Waals surface area (Å²) in [5, 5.41) is 9.07. The lowest BCUT2D eigenvalue weighted by molar-refractivity contribution is -0.124. The number of thiophene rings is 1. The fourth-order valence-corrected chi connectivity index (χ4v) is 5.37. The number of carbonyl (C=O) groups is 1. The zero-order valence-electron chi connectivity index (χ0n) is 20.2. The largest absolute Gasteiger partial charge is 0.354 e. The fourth-order valence-electron chi connectivity index (χ4n) is 4.23. The molecule has 1 atom stereocenters. The molecule has 34 heavy (non-hydrogen) atoms. The van der Waals surface area contributed by atoms with Gasteiger partial charge in [0.05, 0.1) is 15.8 Å². The van der Waals surface area contributed by atoms with Gasteiger partial charge in [-0.25, -0.2) is 4.68 Å². The molecule has 0 spiro atoms. The summed E-state index contributed by atoms with van der Waals surface area (Å²) in [6.45, 7) is 10.3. The second kappa shape index (κ2) is 10.5. The Bertz CT molecular complexity index is 1340. The van der Waals surface area contributed by atoms with Gasteiger partial charge in [-0.1, -0.05) is 48.5 Å². The van der Waals surface area contributed by atoms with E-state index >= 15 is 0 Å². The Morgan fingerprint density at radius 3 is 2.53 bits per heavy atom. The van der Waals surface area contributed by atoms with Crippen LogP contribution in [0.3, 0.4) is 0 Å². The highest BCUT2D eigenvalue weighted by Gasteiger charge is 2.21. The molecule has 0 fully saturated rings. The van der Waals surface area contributed by atoms with E-state index in [4.69, 9.17) is 0 Å². The minimum atomic E-state index is -0.681. The molecule has 0 aliphatic rings. The van der Waals surface area contributed by atoms with E-state index in [1.54, 1.807) is 18.3 Å². The number of rotatable bonds is 9. The molecule has 7 heteroatoms. The molecular weight excluding hydrogens is 444 g/mol. The fraction of sp³-hybridized carbons (Fsp3) is 0.370. The lowest BCUT2D eigenvalue weighted by atomic mass is 10.2. The molecule has 6 nitrogen and oxygen atoms in total. The number of fused-ring (bicyclic) bond motifs is 3. The van der Waals surface area contributed by atoms with Crippen LogP contribution in [0, 0.1) is 6.92 Å². The number of aromatic nitrogens is 2. The summed E-state index contributed by atoms with van der Waals surface area (Å²) in [4.78, 5) is 28.6. The van der Waals surface area contributed by atoms with Crippen LogP contribution in [0.25, 0.3) is 20.2 Å². The summed E-state index contributed by atoms with van der Waals surface area (Å²) >= 11 is 1.57. The molecular formula is C27H32N4O2S.